The minimum Gasteiger partial charge on any atom is -0.350 e. The van der Waals surface area contributed by atoms with E-state index in [4.69, 9.17) is 0 Å². The van der Waals surface area contributed by atoms with E-state index in [1.807, 2.05) is 24.3 Å². The predicted molar refractivity (Wildman–Crippen MR) is 114 cm³/mol. The summed E-state index contributed by atoms with van der Waals surface area (Å²) >= 11 is 3.48. The highest BCUT2D eigenvalue weighted by molar-refractivity contribution is 9.10. The summed E-state index contributed by atoms with van der Waals surface area (Å²) in [5, 5.41) is 10.6. The minimum absolute atomic E-state index is 0.214. The quantitative estimate of drug-likeness (QED) is 0.425. The summed E-state index contributed by atoms with van der Waals surface area (Å²) in [6, 6.07) is 14.1. The number of hydrogen-bond donors (Lipinski definition) is 3. The summed E-state index contributed by atoms with van der Waals surface area (Å²) in [5.41, 5.74) is 2.56. The van der Waals surface area contributed by atoms with E-state index in [2.05, 4.69) is 41.6 Å². The summed E-state index contributed by atoms with van der Waals surface area (Å²) < 4.78 is 2.19. The van der Waals surface area contributed by atoms with Crippen molar-refractivity contribution in [2.24, 2.45) is 0 Å². The molecule has 9 heteroatoms. The van der Waals surface area contributed by atoms with Crippen molar-refractivity contribution in [2.45, 2.75) is 13.0 Å². The highest BCUT2D eigenvalue weighted by atomic mass is 79.9. The molecule has 8 nitrogen and oxygen atoms in total. The number of nitrogens with one attached hydrogen (secondary N) is 3. The second kappa shape index (κ2) is 7.88. The molecule has 1 atom stereocenters. The third kappa shape index (κ3) is 3.90. The van der Waals surface area contributed by atoms with Gasteiger partial charge in [0.15, 0.2) is 0 Å². The lowest BCUT2D eigenvalue weighted by molar-refractivity contribution is -0.119. The number of amides is 2. The molecule has 4 aromatic rings. The number of carbonyl (C=O) groups excluding carboxylic acids is 2. The van der Waals surface area contributed by atoms with Gasteiger partial charge in [0.05, 0.1) is 4.47 Å². The average Bonchev–Trinajstić information content (AvgIpc) is 3.38. The predicted octanol–water partition coefficient (Wildman–Crippen LogP) is 3.97. The van der Waals surface area contributed by atoms with Crippen molar-refractivity contribution in [2.75, 3.05) is 10.6 Å². The largest absolute Gasteiger partial charge is 0.350 e. The van der Waals surface area contributed by atoms with Crippen molar-refractivity contribution in [3.05, 3.63) is 71.4 Å². The highest BCUT2D eigenvalue weighted by Gasteiger charge is 2.17. The molecule has 0 aliphatic rings. The molecule has 2 aromatic heterocycles. The molecular weight excluding hydrogens is 436 g/mol. The molecule has 0 radical (unpaired) electrons. The highest BCUT2D eigenvalue weighted by Crippen LogP contribution is 2.28. The Hall–Kier alpha value is -3.46. The van der Waals surface area contributed by atoms with Crippen LogP contribution in [0.4, 0.5) is 11.4 Å². The van der Waals surface area contributed by atoms with Crippen LogP contribution in [0.25, 0.3) is 10.9 Å². The Morgan fingerprint density at radius 1 is 1.07 bits per heavy atom. The third-order valence-corrected chi connectivity index (χ3v) is 5.32. The molecule has 29 heavy (non-hydrogen) atoms. The van der Waals surface area contributed by atoms with Gasteiger partial charge in [-0.05, 0) is 53.2 Å². The topological polar surface area (TPSA) is 105 Å². The molecule has 146 valence electrons. The van der Waals surface area contributed by atoms with E-state index in [-0.39, 0.29) is 11.8 Å². The van der Waals surface area contributed by atoms with Crippen molar-refractivity contribution in [1.82, 2.24) is 19.7 Å². The Bertz CT molecular complexity index is 1170. The zero-order chi connectivity index (χ0) is 20.4. The van der Waals surface area contributed by atoms with Gasteiger partial charge in [-0.25, -0.2) is 9.67 Å². The van der Waals surface area contributed by atoms with Gasteiger partial charge in [-0.3, -0.25) is 9.59 Å². The van der Waals surface area contributed by atoms with Gasteiger partial charge in [0.2, 0.25) is 5.91 Å². The lowest BCUT2D eigenvalue weighted by atomic mass is 10.2. The van der Waals surface area contributed by atoms with Crippen LogP contribution < -0.4 is 10.6 Å². The number of benzene rings is 2. The van der Waals surface area contributed by atoms with Crippen LogP contribution in [0.2, 0.25) is 0 Å². The van der Waals surface area contributed by atoms with Crippen LogP contribution in [0.3, 0.4) is 0 Å². The zero-order valence-corrected chi connectivity index (χ0v) is 17.0. The minimum atomic E-state index is -0.490. The number of aromatic amines is 1. The number of carbonyl (C=O) groups is 2. The Labute approximate surface area is 174 Å². The molecule has 0 saturated carbocycles. The van der Waals surface area contributed by atoms with Gasteiger partial charge in [0, 0.05) is 22.3 Å². The molecule has 2 heterocycles. The summed E-state index contributed by atoms with van der Waals surface area (Å²) in [6.07, 6.45) is 2.87. The summed E-state index contributed by atoms with van der Waals surface area (Å²) in [5.74, 6) is -0.473. The molecule has 4 rings (SSSR count). The monoisotopic (exact) mass is 452 g/mol. The molecule has 0 fully saturated rings. The number of halogens is 1. The number of aromatic nitrogens is 4. The number of anilines is 2. The molecule has 0 saturated heterocycles. The fourth-order valence-corrected chi connectivity index (χ4v) is 3.50. The first-order chi connectivity index (χ1) is 14.0. The van der Waals surface area contributed by atoms with E-state index >= 15 is 0 Å². The van der Waals surface area contributed by atoms with E-state index in [1.165, 1.54) is 17.3 Å². The molecular formula is C20H17BrN6O2. The number of para-hydroxylation sites is 1. The van der Waals surface area contributed by atoms with Gasteiger partial charge in [0.25, 0.3) is 5.91 Å². The van der Waals surface area contributed by atoms with Crippen molar-refractivity contribution in [1.29, 1.82) is 0 Å². The first kappa shape index (κ1) is 18.9. The van der Waals surface area contributed by atoms with E-state index < -0.39 is 6.04 Å². The maximum absolute atomic E-state index is 12.6. The van der Waals surface area contributed by atoms with Gasteiger partial charge in [0.1, 0.15) is 24.4 Å². The standard InChI is InChI=1S/C20H17BrN6O2/c1-12(27-11-22-10-23-27)19(28)24-13-6-8-14(9-7-13)25-20(29)18-17(21)15-4-2-3-5-16(15)26-18/h2-12,26H,1H3,(H,24,28)(H,25,29)/t12-/m0/s1. The smallest absolute Gasteiger partial charge is 0.273 e. The van der Waals surface area contributed by atoms with Gasteiger partial charge >= 0.3 is 0 Å². The van der Waals surface area contributed by atoms with Crippen LogP contribution in [0.15, 0.2) is 65.7 Å². The molecule has 2 amide bonds. The molecule has 0 aliphatic heterocycles. The Kier molecular flexibility index (Phi) is 5.13. The van der Waals surface area contributed by atoms with E-state index in [9.17, 15) is 9.59 Å². The molecule has 0 unspecified atom stereocenters. The normalized spacial score (nSPS) is 11.9. The number of hydrogen-bond acceptors (Lipinski definition) is 4. The van der Waals surface area contributed by atoms with Gasteiger partial charge in [-0.2, -0.15) is 5.10 Å². The lowest BCUT2D eigenvalue weighted by Crippen LogP contribution is -2.24. The fraction of sp³-hybridized carbons (Fsp3) is 0.100. The van der Waals surface area contributed by atoms with Crippen molar-refractivity contribution < 1.29 is 9.59 Å². The second-order valence-electron chi connectivity index (χ2n) is 6.43. The number of fused-ring (bicyclic) bond motifs is 1. The first-order valence-electron chi connectivity index (χ1n) is 8.85. The molecule has 3 N–H and O–H groups in total. The van der Waals surface area contributed by atoms with Crippen LogP contribution >= 0.6 is 15.9 Å². The number of rotatable bonds is 5. The molecule has 0 aliphatic carbocycles. The Morgan fingerprint density at radius 3 is 2.41 bits per heavy atom. The SMILES string of the molecule is C[C@@H](C(=O)Nc1ccc(NC(=O)c2[nH]c3ccccc3c2Br)cc1)n1cncn1. The van der Waals surface area contributed by atoms with Crippen molar-refractivity contribution in [3.8, 4) is 0 Å². The first-order valence-corrected chi connectivity index (χ1v) is 9.65. The van der Waals surface area contributed by atoms with Crippen LogP contribution in [0.5, 0.6) is 0 Å². The Balaban J connectivity index is 1.43. The van der Waals surface area contributed by atoms with E-state index in [0.29, 0.717) is 17.1 Å². The van der Waals surface area contributed by atoms with Crippen LogP contribution in [0.1, 0.15) is 23.5 Å². The van der Waals surface area contributed by atoms with E-state index in [0.717, 1.165) is 15.4 Å². The van der Waals surface area contributed by atoms with Gasteiger partial charge < -0.3 is 15.6 Å². The number of nitrogens with zero attached hydrogens (tertiary/aromatic N) is 3. The Morgan fingerprint density at radius 2 is 1.76 bits per heavy atom. The van der Waals surface area contributed by atoms with Crippen LogP contribution in [0, 0.1) is 0 Å². The molecule has 0 spiro atoms. The summed E-state index contributed by atoms with van der Waals surface area (Å²) in [7, 11) is 0. The summed E-state index contributed by atoms with van der Waals surface area (Å²) in [4.78, 5) is 31.9. The zero-order valence-electron chi connectivity index (χ0n) is 15.4. The fourth-order valence-electron chi connectivity index (χ4n) is 2.88. The lowest BCUT2D eigenvalue weighted by Gasteiger charge is -2.12. The second-order valence-corrected chi connectivity index (χ2v) is 7.22. The maximum atomic E-state index is 12.6. The van der Waals surface area contributed by atoms with Gasteiger partial charge in [-0.1, -0.05) is 18.2 Å². The summed E-state index contributed by atoms with van der Waals surface area (Å²) in [6.45, 7) is 1.73. The molecule has 2 aromatic carbocycles. The van der Waals surface area contributed by atoms with E-state index in [1.54, 1.807) is 31.2 Å². The molecule has 0 bridgehead atoms. The van der Waals surface area contributed by atoms with Crippen LogP contribution in [-0.4, -0.2) is 31.6 Å². The van der Waals surface area contributed by atoms with Gasteiger partial charge in [-0.15, -0.1) is 0 Å². The number of H-pyrrole nitrogens is 1. The van der Waals surface area contributed by atoms with Crippen molar-refractivity contribution in [3.63, 3.8) is 0 Å². The van der Waals surface area contributed by atoms with Crippen molar-refractivity contribution >= 4 is 50.0 Å². The van der Waals surface area contributed by atoms with Crippen LogP contribution in [-0.2, 0) is 4.79 Å². The third-order valence-electron chi connectivity index (χ3n) is 4.49. The average molecular weight is 453 g/mol. The maximum Gasteiger partial charge on any atom is 0.273 e.